The molecule has 0 radical (unpaired) electrons. The minimum Gasteiger partial charge on any atom is -0.483 e. The van der Waals surface area contributed by atoms with E-state index < -0.39 is 63.7 Å². The molecule has 1 aromatic heterocycles. The highest BCUT2D eigenvalue weighted by Crippen LogP contribution is 2.55. The Morgan fingerprint density at radius 1 is 1.05 bits per heavy atom. The largest absolute Gasteiger partial charge is 0.483 e. The Hall–Kier alpha value is -4.07. The van der Waals surface area contributed by atoms with Gasteiger partial charge in [-0.1, -0.05) is 64.5 Å². The van der Waals surface area contributed by atoms with Gasteiger partial charge in [0.1, 0.15) is 11.0 Å². The molecule has 14 heteroatoms. The van der Waals surface area contributed by atoms with E-state index in [1.165, 1.54) is 30.3 Å². The summed E-state index contributed by atoms with van der Waals surface area (Å²) in [7, 11) is 0. The van der Waals surface area contributed by atoms with Crippen LogP contribution < -0.4 is 19.8 Å². The van der Waals surface area contributed by atoms with Crippen LogP contribution in [0.2, 0.25) is 5.02 Å². The number of anilines is 2. The van der Waals surface area contributed by atoms with Gasteiger partial charge in [-0.25, -0.2) is 4.90 Å². The summed E-state index contributed by atoms with van der Waals surface area (Å²) in [5.41, 5.74) is 0.177. The van der Waals surface area contributed by atoms with Crippen molar-refractivity contribution in [2.75, 3.05) is 16.8 Å². The summed E-state index contributed by atoms with van der Waals surface area (Å²) in [4.78, 5) is 56.1. The molecule has 3 heterocycles. The fraction of sp³-hybridized carbons (Fsp3) is 0.200. The number of carbonyl (C=O) groups excluding carboxylic acids is 3. The minimum absolute atomic E-state index is 0.158. The van der Waals surface area contributed by atoms with Crippen molar-refractivity contribution in [1.82, 2.24) is 4.98 Å². The number of benzene rings is 3. The molecule has 44 heavy (non-hydrogen) atoms. The number of para-hydroxylation sites is 1. The molecule has 3 aromatic carbocycles. The number of amides is 3. The van der Waals surface area contributed by atoms with E-state index in [2.05, 4.69) is 10.3 Å². The van der Waals surface area contributed by atoms with Gasteiger partial charge in [-0.2, -0.15) is 13.2 Å². The third kappa shape index (κ3) is 5.51. The summed E-state index contributed by atoms with van der Waals surface area (Å²) in [6.07, 6.45) is -4.82. The van der Waals surface area contributed by atoms with Crippen LogP contribution in [0.3, 0.4) is 0 Å². The Morgan fingerprint density at radius 2 is 1.77 bits per heavy atom. The molecule has 1 saturated heterocycles. The average Bonchev–Trinajstić information content (AvgIpc) is 3.47. The normalized spacial score (nSPS) is 19.5. The first-order valence-electron chi connectivity index (χ1n) is 13.1. The van der Waals surface area contributed by atoms with Crippen LogP contribution in [-0.2, 0) is 20.6 Å². The van der Waals surface area contributed by atoms with E-state index in [4.69, 9.17) is 16.3 Å². The van der Waals surface area contributed by atoms with Crippen molar-refractivity contribution in [1.29, 1.82) is 0 Å². The number of fused-ring (bicyclic) bond motifs is 2. The predicted molar refractivity (Wildman–Crippen MR) is 161 cm³/mol. The van der Waals surface area contributed by atoms with Crippen molar-refractivity contribution < 1.29 is 32.3 Å². The van der Waals surface area contributed by atoms with E-state index in [9.17, 15) is 32.3 Å². The summed E-state index contributed by atoms with van der Waals surface area (Å²) in [6.45, 7) is 1.49. The van der Waals surface area contributed by atoms with Gasteiger partial charge in [0.05, 0.1) is 22.2 Å². The molecule has 0 spiro atoms. The van der Waals surface area contributed by atoms with Crippen LogP contribution in [0.1, 0.15) is 27.5 Å². The smallest absolute Gasteiger partial charge is 0.418 e. The number of aryl methyl sites for hydroxylation is 1. The van der Waals surface area contributed by atoms with Crippen LogP contribution >= 0.6 is 34.7 Å². The quantitative estimate of drug-likeness (QED) is 0.238. The number of hydrogen-bond acceptors (Lipinski definition) is 7. The second-order valence-corrected chi connectivity index (χ2v) is 12.8. The number of rotatable bonds is 6. The standard InChI is InChI=1S/C30H21ClF3N3O5S2/c1-14-6-9-16(10-7-14)35-21(38)13-42-20-11-8-15(31)12-17(20)22-23-25(43-26-24(22)44-29(41)36-26)28(40)37(27(23)39)19-5-3-2-4-18(19)30(32,33)34/h2-12,22-23,25H,13H2,1H3,(H,35,38)(H,36,41). The van der Waals surface area contributed by atoms with Gasteiger partial charge in [0.15, 0.2) is 6.61 Å². The third-order valence-electron chi connectivity index (χ3n) is 7.28. The number of thiazole rings is 1. The first kappa shape index (κ1) is 30.0. The molecule has 4 aromatic rings. The molecule has 6 rings (SSSR count). The number of alkyl halides is 3. The van der Waals surface area contributed by atoms with E-state index in [0.717, 1.165) is 40.8 Å². The zero-order valence-electron chi connectivity index (χ0n) is 22.6. The molecule has 2 N–H and O–H groups in total. The third-order valence-corrected chi connectivity index (χ3v) is 9.91. The van der Waals surface area contributed by atoms with Gasteiger partial charge in [-0.15, -0.1) is 0 Å². The molecule has 0 aliphatic carbocycles. The number of nitrogens with zero attached hydrogens (tertiary/aromatic N) is 1. The Morgan fingerprint density at radius 3 is 2.50 bits per heavy atom. The summed E-state index contributed by atoms with van der Waals surface area (Å²) in [5, 5.41) is 2.14. The topological polar surface area (TPSA) is 109 Å². The van der Waals surface area contributed by atoms with Crippen molar-refractivity contribution in [2.24, 2.45) is 5.92 Å². The van der Waals surface area contributed by atoms with E-state index in [0.29, 0.717) is 26.1 Å². The van der Waals surface area contributed by atoms with Crippen LogP contribution in [0.25, 0.3) is 0 Å². The van der Waals surface area contributed by atoms with Gasteiger partial charge in [0.25, 0.3) is 5.91 Å². The number of ether oxygens (including phenoxy) is 1. The molecule has 3 unspecified atom stereocenters. The van der Waals surface area contributed by atoms with E-state index >= 15 is 0 Å². The minimum atomic E-state index is -4.82. The Bertz CT molecular complexity index is 1860. The molecule has 2 aliphatic rings. The highest BCUT2D eigenvalue weighted by molar-refractivity contribution is 8.00. The van der Waals surface area contributed by atoms with E-state index in [1.807, 2.05) is 19.1 Å². The van der Waals surface area contributed by atoms with Gasteiger partial charge >= 0.3 is 11.0 Å². The van der Waals surface area contributed by atoms with Crippen molar-refractivity contribution in [3.63, 3.8) is 0 Å². The van der Waals surface area contributed by atoms with E-state index in [-0.39, 0.29) is 10.8 Å². The second kappa shape index (κ2) is 11.5. The Kier molecular flexibility index (Phi) is 7.80. The molecule has 0 bridgehead atoms. The molecular weight excluding hydrogens is 639 g/mol. The first-order chi connectivity index (χ1) is 20.9. The van der Waals surface area contributed by atoms with Crippen LogP contribution in [0.15, 0.2) is 76.6 Å². The molecule has 2 aliphatic heterocycles. The number of carbonyl (C=O) groups is 3. The maximum absolute atomic E-state index is 14.0. The number of imide groups is 1. The average molecular weight is 660 g/mol. The summed E-state index contributed by atoms with van der Waals surface area (Å²) in [6, 6.07) is 16.0. The second-order valence-electron chi connectivity index (χ2n) is 10.2. The Balaban J connectivity index is 1.38. The molecule has 8 nitrogen and oxygen atoms in total. The van der Waals surface area contributed by atoms with Crippen LogP contribution in [0.5, 0.6) is 5.75 Å². The van der Waals surface area contributed by atoms with Gasteiger partial charge in [0.2, 0.25) is 11.8 Å². The first-order valence-corrected chi connectivity index (χ1v) is 15.2. The van der Waals surface area contributed by atoms with E-state index in [1.54, 1.807) is 12.1 Å². The van der Waals surface area contributed by atoms with Crippen LogP contribution in [0.4, 0.5) is 24.5 Å². The number of aromatic nitrogens is 1. The lowest BCUT2D eigenvalue weighted by Crippen LogP contribution is -2.33. The lowest BCUT2D eigenvalue weighted by Gasteiger charge is -2.31. The number of nitrogens with one attached hydrogen (secondary N) is 2. The van der Waals surface area contributed by atoms with Crippen LogP contribution in [-0.4, -0.2) is 34.6 Å². The highest BCUT2D eigenvalue weighted by atomic mass is 35.5. The molecule has 226 valence electrons. The Labute approximate surface area is 261 Å². The fourth-order valence-electron chi connectivity index (χ4n) is 5.37. The molecule has 1 fully saturated rings. The SMILES string of the molecule is Cc1ccc(NC(=O)COc2ccc(Cl)cc2C2c3sc(=O)[nH]c3SC3C(=O)N(c4ccccc4C(F)(F)F)C(=O)C32)cc1. The summed E-state index contributed by atoms with van der Waals surface area (Å²) in [5.74, 6) is -4.20. The zero-order valence-corrected chi connectivity index (χ0v) is 25.0. The lowest BCUT2D eigenvalue weighted by molar-refractivity contribution is -0.137. The summed E-state index contributed by atoms with van der Waals surface area (Å²) >= 11 is 8.11. The van der Waals surface area contributed by atoms with Gasteiger partial charge in [0, 0.05) is 27.1 Å². The molecule has 3 atom stereocenters. The number of thioether (sulfide) groups is 1. The number of H-pyrrole nitrogens is 1. The van der Waals surface area contributed by atoms with Gasteiger partial charge < -0.3 is 15.0 Å². The van der Waals surface area contributed by atoms with Crippen molar-refractivity contribution in [2.45, 2.75) is 29.3 Å². The maximum atomic E-state index is 14.0. The van der Waals surface area contributed by atoms with Crippen molar-refractivity contribution >= 4 is 63.8 Å². The fourth-order valence-corrected chi connectivity index (χ4v) is 8.06. The van der Waals surface area contributed by atoms with Crippen molar-refractivity contribution in [3.8, 4) is 5.75 Å². The monoisotopic (exact) mass is 659 g/mol. The molecular formula is C30H21ClF3N3O5S2. The predicted octanol–water partition coefficient (Wildman–Crippen LogP) is 6.23. The zero-order chi connectivity index (χ0) is 31.3. The number of aromatic amines is 1. The van der Waals surface area contributed by atoms with Crippen LogP contribution in [0, 0.1) is 12.8 Å². The van der Waals surface area contributed by atoms with Crippen molar-refractivity contribution in [3.05, 3.63) is 103 Å². The number of halogens is 4. The summed E-state index contributed by atoms with van der Waals surface area (Å²) < 4.78 is 47.7. The number of hydrogen-bond donors (Lipinski definition) is 2. The van der Waals surface area contributed by atoms with Gasteiger partial charge in [-0.05, 0) is 49.4 Å². The van der Waals surface area contributed by atoms with Gasteiger partial charge in [-0.3, -0.25) is 19.2 Å². The maximum Gasteiger partial charge on any atom is 0.418 e. The highest BCUT2D eigenvalue weighted by Gasteiger charge is 2.57. The molecule has 0 saturated carbocycles. The lowest BCUT2D eigenvalue weighted by atomic mass is 9.82. The molecule has 3 amide bonds.